The van der Waals surface area contributed by atoms with Crippen molar-refractivity contribution in [2.75, 3.05) is 13.2 Å². The van der Waals surface area contributed by atoms with Crippen molar-refractivity contribution in [3.8, 4) is 0 Å². The molecule has 3 heteroatoms. The van der Waals surface area contributed by atoms with Gasteiger partial charge in [0.25, 0.3) is 0 Å². The Bertz CT molecular complexity index is 696. The van der Waals surface area contributed by atoms with Crippen LogP contribution in [0.15, 0.2) is 54.6 Å². The monoisotopic (exact) mass is 369 g/mol. The Kier molecular flexibility index (Phi) is 6.67. The Morgan fingerprint density at radius 2 is 1.70 bits per heavy atom. The summed E-state index contributed by atoms with van der Waals surface area (Å²) >= 11 is 0. The van der Waals surface area contributed by atoms with E-state index in [2.05, 4.69) is 43.4 Å². The van der Waals surface area contributed by atoms with E-state index in [9.17, 15) is 4.39 Å². The van der Waals surface area contributed by atoms with Crippen LogP contribution in [0.25, 0.3) is 0 Å². The second kappa shape index (κ2) is 8.99. The van der Waals surface area contributed by atoms with Crippen molar-refractivity contribution in [1.29, 1.82) is 0 Å². The number of rotatable bonds is 8. The Hall–Kier alpha value is -1.71. The second-order valence-electron chi connectivity index (χ2n) is 7.86. The highest BCUT2D eigenvalue weighted by Crippen LogP contribution is 2.46. The maximum atomic E-state index is 13.5. The summed E-state index contributed by atoms with van der Waals surface area (Å²) in [5.74, 6) is -0.166. The highest BCUT2D eigenvalue weighted by molar-refractivity contribution is 5.28. The molecule has 146 valence electrons. The van der Waals surface area contributed by atoms with Crippen molar-refractivity contribution >= 4 is 0 Å². The lowest BCUT2D eigenvalue weighted by molar-refractivity contribution is -0.112. The molecule has 0 saturated carbocycles. The minimum absolute atomic E-state index is 0.0433. The van der Waals surface area contributed by atoms with Crippen LogP contribution in [0.3, 0.4) is 0 Å². The van der Waals surface area contributed by atoms with Crippen molar-refractivity contribution < 1.29 is 9.13 Å². The molecule has 1 aliphatic rings. The number of hydrogen-bond acceptors (Lipinski definition) is 2. The summed E-state index contributed by atoms with van der Waals surface area (Å²) in [5.41, 5.74) is 2.53. The standard InChI is InChI=1S/C24H32FNO/c1-3-24(4-2)19-23(15-17-27-24,21-10-12-22(25)13-11-21)14-16-26-18-20-8-6-5-7-9-20/h5-13,26H,3-4,14-19H2,1-2H3. The molecule has 2 aromatic rings. The zero-order chi connectivity index (χ0) is 19.2. The van der Waals surface area contributed by atoms with Crippen molar-refractivity contribution in [3.63, 3.8) is 0 Å². The van der Waals surface area contributed by atoms with E-state index in [0.717, 1.165) is 51.8 Å². The third-order valence-electron chi connectivity index (χ3n) is 6.35. The van der Waals surface area contributed by atoms with Gasteiger partial charge in [0, 0.05) is 18.6 Å². The molecule has 2 nitrogen and oxygen atoms in total. The zero-order valence-corrected chi connectivity index (χ0v) is 16.6. The number of benzene rings is 2. The van der Waals surface area contributed by atoms with Crippen LogP contribution in [0.4, 0.5) is 4.39 Å². The predicted molar refractivity (Wildman–Crippen MR) is 109 cm³/mol. The van der Waals surface area contributed by atoms with Gasteiger partial charge in [0.2, 0.25) is 0 Å². The fraction of sp³-hybridized carbons (Fsp3) is 0.500. The van der Waals surface area contributed by atoms with E-state index in [0.29, 0.717) is 0 Å². The maximum Gasteiger partial charge on any atom is 0.123 e. The Balaban J connectivity index is 1.74. The summed E-state index contributed by atoms with van der Waals surface area (Å²) in [6.07, 6.45) is 5.07. The SMILES string of the molecule is CCC1(CC)CC(CCNCc2ccccc2)(c2ccc(F)cc2)CCO1. The van der Waals surface area contributed by atoms with Crippen LogP contribution in [-0.4, -0.2) is 18.8 Å². The van der Waals surface area contributed by atoms with Crippen molar-refractivity contribution in [2.45, 2.75) is 63.5 Å². The molecule has 3 rings (SSSR count). The van der Waals surface area contributed by atoms with Crippen molar-refractivity contribution in [2.24, 2.45) is 0 Å². The van der Waals surface area contributed by atoms with Crippen LogP contribution in [0.5, 0.6) is 0 Å². The van der Waals surface area contributed by atoms with Gasteiger partial charge in [-0.15, -0.1) is 0 Å². The predicted octanol–water partition coefficient (Wildman–Crippen LogP) is 5.61. The Morgan fingerprint density at radius 3 is 2.37 bits per heavy atom. The summed E-state index contributed by atoms with van der Waals surface area (Å²) in [5, 5.41) is 3.60. The molecule has 1 N–H and O–H groups in total. The lowest BCUT2D eigenvalue weighted by atomic mass is 9.65. The first-order valence-corrected chi connectivity index (χ1v) is 10.3. The number of hydrogen-bond donors (Lipinski definition) is 1. The second-order valence-corrected chi connectivity index (χ2v) is 7.86. The molecule has 0 radical (unpaired) electrons. The highest BCUT2D eigenvalue weighted by Gasteiger charge is 2.44. The van der Waals surface area contributed by atoms with Gasteiger partial charge in [-0.3, -0.25) is 0 Å². The minimum atomic E-state index is -0.166. The molecule has 0 aromatic heterocycles. The van der Waals surface area contributed by atoms with E-state index in [1.807, 2.05) is 18.2 Å². The van der Waals surface area contributed by atoms with Gasteiger partial charge >= 0.3 is 0 Å². The normalized spacial score (nSPS) is 21.9. The summed E-state index contributed by atoms with van der Waals surface area (Å²) < 4.78 is 19.8. The van der Waals surface area contributed by atoms with E-state index in [4.69, 9.17) is 4.74 Å². The molecule has 0 aliphatic carbocycles. The molecular weight excluding hydrogens is 337 g/mol. The van der Waals surface area contributed by atoms with Gasteiger partial charge in [-0.05, 0) is 61.9 Å². The first kappa shape index (κ1) is 20.0. The van der Waals surface area contributed by atoms with Crippen LogP contribution >= 0.6 is 0 Å². The van der Waals surface area contributed by atoms with E-state index in [1.165, 1.54) is 11.1 Å². The molecule has 2 aromatic carbocycles. The molecule has 1 fully saturated rings. The largest absolute Gasteiger partial charge is 0.375 e. The molecule has 0 spiro atoms. The van der Waals surface area contributed by atoms with Gasteiger partial charge < -0.3 is 10.1 Å². The van der Waals surface area contributed by atoms with Gasteiger partial charge in [0.1, 0.15) is 5.82 Å². The third-order valence-corrected chi connectivity index (χ3v) is 6.35. The highest BCUT2D eigenvalue weighted by atomic mass is 19.1. The molecule has 0 amide bonds. The van der Waals surface area contributed by atoms with Crippen LogP contribution in [0.2, 0.25) is 0 Å². The van der Waals surface area contributed by atoms with Gasteiger partial charge in [0.05, 0.1) is 5.60 Å². The molecule has 1 atom stereocenters. The van der Waals surface area contributed by atoms with Crippen LogP contribution in [0, 0.1) is 5.82 Å². The van der Waals surface area contributed by atoms with Crippen molar-refractivity contribution in [1.82, 2.24) is 5.32 Å². The van der Waals surface area contributed by atoms with Gasteiger partial charge in [-0.1, -0.05) is 56.3 Å². The summed E-state index contributed by atoms with van der Waals surface area (Å²) in [6.45, 7) is 7.03. The Labute approximate surface area is 163 Å². The minimum Gasteiger partial charge on any atom is -0.375 e. The first-order valence-electron chi connectivity index (χ1n) is 10.3. The molecule has 0 bridgehead atoms. The summed E-state index contributed by atoms with van der Waals surface area (Å²) in [7, 11) is 0. The summed E-state index contributed by atoms with van der Waals surface area (Å²) in [6, 6.07) is 17.7. The smallest absolute Gasteiger partial charge is 0.123 e. The number of nitrogens with one attached hydrogen (secondary N) is 1. The average molecular weight is 370 g/mol. The van der Waals surface area contributed by atoms with Crippen molar-refractivity contribution in [3.05, 3.63) is 71.5 Å². The lowest BCUT2D eigenvalue weighted by Gasteiger charge is -2.48. The average Bonchev–Trinajstić information content (AvgIpc) is 2.72. The zero-order valence-electron chi connectivity index (χ0n) is 16.6. The summed E-state index contributed by atoms with van der Waals surface area (Å²) in [4.78, 5) is 0. The third kappa shape index (κ3) is 4.77. The van der Waals surface area contributed by atoms with Gasteiger partial charge in [0.15, 0.2) is 0 Å². The number of halogens is 1. The number of ether oxygens (including phenoxy) is 1. The fourth-order valence-electron chi connectivity index (χ4n) is 4.49. The molecule has 1 unspecified atom stereocenters. The fourth-order valence-corrected chi connectivity index (χ4v) is 4.49. The lowest BCUT2D eigenvalue weighted by Crippen LogP contribution is -2.48. The van der Waals surface area contributed by atoms with Crippen LogP contribution in [0.1, 0.15) is 57.1 Å². The van der Waals surface area contributed by atoms with E-state index < -0.39 is 0 Å². The molecular formula is C24H32FNO. The maximum absolute atomic E-state index is 13.5. The first-order chi connectivity index (χ1) is 13.1. The van der Waals surface area contributed by atoms with Crippen LogP contribution in [-0.2, 0) is 16.7 Å². The quantitative estimate of drug-likeness (QED) is 0.611. The molecule has 1 saturated heterocycles. The molecule has 1 aliphatic heterocycles. The van der Waals surface area contributed by atoms with Crippen LogP contribution < -0.4 is 5.32 Å². The van der Waals surface area contributed by atoms with Gasteiger partial charge in [-0.25, -0.2) is 4.39 Å². The van der Waals surface area contributed by atoms with E-state index in [1.54, 1.807) is 12.1 Å². The molecule has 1 heterocycles. The topological polar surface area (TPSA) is 21.3 Å². The Morgan fingerprint density at radius 1 is 1.00 bits per heavy atom. The van der Waals surface area contributed by atoms with E-state index >= 15 is 0 Å². The van der Waals surface area contributed by atoms with Gasteiger partial charge in [-0.2, -0.15) is 0 Å². The van der Waals surface area contributed by atoms with E-state index in [-0.39, 0.29) is 16.8 Å². The molecule has 27 heavy (non-hydrogen) atoms.